The number of nitrogens with zero attached hydrogens (tertiary/aromatic N) is 1. The monoisotopic (exact) mass is 211 g/mol. The van der Waals surface area contributed by atoms with Crippen molar-refractivity contribution >= 4 is 0 Å². The van der Waals surface area contributed by atoms with E-state index < -0.39 is 6.17 Å². The summed E-state index contributed by atoms with van der Waals surface area (Å²) in [5, 5.41) is 0. The summed E-state index contributed by atoms with van der Waals surface area (Å²) in [6, 6.07) is 0. The van der Waals surface area contributed by atoms with Crippen LogP contribution in [0.25, 0.3) is 0 Å². The lowest BCUT2D eigenvalue weighted by atomic mass is 9.82. The first-order valence-corrected chi connectivity index (χ1v) is 6.46. The number of alkyl halides is 1. The van der Waals surface area contributed by atoms with Gasteiger partial charge in [-0.1, -0.05) is 13.8 Å². The SMILES string of the molecule is CC(C)C[C@@]12CCCN1C[C@]1(C[C@H]1F)C2. The molecule has 0 unspecified atom stereocenters. The second-order valence-corrected chi connectivity index (χ2v) is 6.56. The highest BCUT2D eigenvalue weighted by molar-refractivity contribution is 5.18. The van der Waals surface area contributed by atoms with E-state index in [-0.39, 0.29) is 5.41 Å². The Morgan fingerprint density at radius 2 is 2.20 bits per heavy atom. The average molecular weight is 211 g/mol. The molecule has 2 heteroatoms. The van der Waals surface area contributed by atoms with E-state index in [9.17, 15) is 4.39 Å². The smallest absolute Gasteiger partial charge is 0.108 e. The van der Waals surface area contributed by atoms with Crippen LogP contribution in [-0.2, 0) is 0 Å². The Morgan fingerprint density at radius 1 is 1.47 bits per heavy atom. The molecule has 1 saturated carbocycles. The van der Waals surface area contributed by atoms with Crippen LogP contribution in [0, 0.1) is 11.3 Å². The van der Waals surface area contributed by atoms with Crippen LogP contribution < -0.4 is 0 Å². The normalized spacial score (nSPS) is 49.2. The molecule has 2 aliphatic heterocycles. The molecule has 15 heavy (non-hydrogen) atoms. The average Bonchev–Trinajstić information content (AvgIpc) is 2.47. The van der Waals surface area contributed by atoms with E-state index >= 15 is 0 Å². The maximum Gasteiger partial charge on any atom is 0.108 e. The van der Waals surface area contributed by atoms with E-state index in [2.05, 4.69) is 18.7 Å². The van der Waals surface area contributed by atoms with Crippen molar-refractivity contribution in [1.82, 2.24) is 4.90 Å². The van der Waals surface area contributed by atoms with Crippen molar-refractivity contribution in [3.63, 3.8) is 0 Å². The molecule has 1 spiro atoms. The summed E-state index contributed by atoms with van der Waals surface area (Å²) < 4.78 is 13.5. The fourth-order valence-electron chi connectivity index (χ4n) is 4.24. The molecule has 3 rings (SSSR count). The van der Waals surface area contributed by atoms with Gasteiger partial charge in [0.15, 0.2) is 0 Å². The molecular formula is C13H22FN. The predicted molar refractivity (Wildman–Crippen MR) is 59.6 cm³/mol. The Hall–Kier alpha value is -0.110. The third-order valence-electron chi connectivity index (χ3n) is 4.81. The Kier molecular flexibility index (Phi) is 1.99. The molecule has 0 radical (unpaired) electrons. The van der Waals surface area contributed by atoms with Gasteiger partial charge in [-0.15, -0.1) is 0 Å². The van der Waals surface area contributed by atoms with Crippen LogP contribution in [0.5, 0.6) is 0 Å². The Bertz CT molecular complexity index is 278. The number of hydrogen-bond donors (Lipinski definition) is 0. The third kappa shape index (κ3) is 1.37. The number of hydrogen-bond acceptors (Lipinski definition) is 1. The maximum absolute atomic E-state index is 13.5. The standard InChI is InChI=1S/C13H22FN/c1-10(2)6-13-4-3-5-15(13)9-12(8-13)7-11(12)14/h10-11H,3-9H2,1-2H3/t11-,12+,13-/m1/s1. The minimum absolute atomic E-state index is 0.106. The molecular weight excluding hydrogens is 189 g/mol. The number of fused-ring (bicyclic) bond motifs is 1. The topological polar surface area (TPSA) is 3.24 Å². The number of halogens is 1. The molecule has 0 aromatic carbocycles. The molecule has 1 aliphatic carbocycles. The fraction of sp³-hybridized carbons (Fsp3) is 1.00. The van der Waals surface area contributed by atoms with Crippen molar-refractivity contribution in [3.05, 3.63) is 0 Å². The summed E-state index contributed by atoms with van der Waals surface area (Å²) >= 11 is 0. The van der Waals surface area contributed by atoms with Crippen LogP contribution in [-0.4, -0.2) is 29.7 Å². The van der Waals surface area contributed by atoms with Gasteiger partial charge >= 0.3 is 0 Å². The zero-order valence-corrected chi connectivity index (χ0v) is 9.93. The Balaban J connectivity index is 1.80. The zero-order valence-electron chi connectivity index (χ0n) is 9.93. The second kappa shape index (κ2) is 2.97. The molecule has 86 valence electrons. The molecule has 0 bridgehead atoms. The number of rotatable bonds is 2. The first-order chi connectivity index (χ1) is 7.06. The van der Waals surface area contributed by atoms with E-state index in [1.807, 2.05) is 0 Å². The Morgan fingerprint density at radius 3 is 2.80 bits per heavy atom. The second-order valence-electron chi connectivity index (χ2n) is 6.56. The first-order valence-electron chi connectivity index (χ1n) is 6.46. The highest BCUT2D eigenvalue weighted by Crippen LogP contribution is 2.63. The van der Waals surface area contributed by atoms with Gasteiger partial charge in [-0.05, 0) is 44.6 Å². The van der Waals surface area contributed by atoms with Gasteiger partial charge in [0.2, 0.25) is 0 Å². The molecule has 0 aromatic heterocycles. The highest BCUT2D eigenvalue weighted by atomic mass is 19.1. The molecule has 3 fully saturated rings. The van der Waals surface area contributed by atoms with E-state index in [0.29, 0.717) is 5.54 Å². The van der Waals surface area contributed by atoms with Crippen LogP contribution in [0.1, 0.15) is 46.0 Å². The molecule has 0 N–H and O–H groups in total. The summed E-state index contributed by atoms with van der Waals surface area (Å²) in [6.45, 7) is 6.88. The molecule has 3 atom stereocenters. The summed E-state index contributed by atoms with van der Waals surface area (Å²) in [4.78, 5) is 2.62. The molecule has 3 aliphatic rings. The van der Waals surface area contributed by atoms with Gasteiger partial charge < -0.3 is 0 Å². The maximum atomic E-state index is 13.5. The van der Waals surface area contributed by atoms with Crippen LogP contribution in [0.3, 0.4) is 0 Å². The van der Waals surface area contributed by atoms with Crippen molar-refractivity contribution in [3.8, 4) is 0 Å². The summed E-state index contributed by atoms with van der Waals surface area (Å²) in [5.41, 5.74) is 0.504. The van der Waals surface area contributed by atoms with Crippen molar-refractivity contribution in [1.29, 1.82) is 0 Å². The zero-order chi connectivity index (χ0) is 10.7. The quantitative estimate of drug-likeness (QED) is 0.678. The molecule has 0 amide bonds. The van der Waals surface area contributed by atoms with Gasteiger partial charge in [-0.2, -0.15) is 0 Å². The van der Waals surface area contributed by atoms with Gasteiger partial charge in [-0.25, -0.2) is 4.39 Å². The van der Waals surface area contributed by atoms with Crippen molar-refractivity contribution < 1.29 is 4.39 Å². The van der Waals surface area contributed by atoms with E-state index in [1.54, 1.807) is 0 Å². The van der Waals surface area contributed by atoms with Crippen LogP contribution in [0.4, 0.5) is 4.39 Å². The molecule has 1 nitrogen and oxygen atoms in total. The van der Waals surface area contributed by atoms with E-state index in [4.69, 9.17) is 0 Å². The Labute approximate surface area is 92.0 Å². The molecule has 0 aromatic rings. The minimum Gasteiger partial charge on any atom is -0.297 e. The van der Waals surface area contributed by atoms with E-state index in [0.717, 1.165) is 25.3 Å². The summed E-state index contributed by atoms with van der Waals surface area (Å²) in [5.74, 6) is 0.748. The lowest BCUT2D eigenvalue weighted by Crippen LogP contribution is -2.39. The van der Waals surface area contributed by atoms with Crippen molar-refractivity contribution in [2.75, 3.05) is 13.1 Å². The third-order valence-corrected chi connectivity index (χ3v) is 4.81. The largest absolute Gasteiger partial charge is 0.297 e. The molecule has 2 saturated heterocycles. The predicted octanol–water partition coefficient (Wildman–Crippen LogP) is 3.00. The summed E-state index contributed by atoms with van der Waals surface area (Å²) in [7, 11) is 0. The van der Waals surface area contributed by atoms with Crippen LogP contribution in [0.15, 0.2) is 0 Å². The molecule has 2 heterocycles. The minimum atomic E-state index is -0.480. The first kappa shape index (κ1) is 10.1. The van der Waals surface area contributed by atoms with Crippen LogP contribution in [0.2, 0.25) is 0 Å². The lowest BCUT2D eigenvalue weighted by molar-refractivity contribution is 0.163. The van der Waals surface area contributed by atoms with Gasteiger partial charge in [0.1, 0.15) is 6.17 Å². The van der Waals surface area contributed by atoms with Gasteiger partial charge in [0, 0.05) is 17.5 Å². The van der Waals surface area contributed by atoms with Crippen LogP contribution >= 0.6 is 0 Å². The van der Waals surface area contributed by atoms with Crippen molar-refractivity contribution in [2.24, 2.45) is 11.3 Å². The summed E-state index contributed by atoms with van der Waals surface area (Å²) in [6.07, 6.45) is 5.45. The highest BCUT2D eigenvalue weighted by Gasteiger charge is 2.66. The van der Waals surface area contributed by atoms with Crippen molar-refractivity contribution in [2.45, 2.75) is 57.7 Å². The fourth-order valence-corrected chi connectivity index (χ4v) is 4.24. The van der Waals surface area contributed by atoms with Gasteiger partial charge in [-0.3, -0.25) is 4.90 Å². The van der Waals surface area contributed by atoms with E-state index in [1.165, 1.54) is 25.8 Å². The van der Waals surface area contributed by atoms with Gasteiger partial charge in [0.25, 0.3) is 0 Å². The lowest BCUT2D eigenvalue weighted by Gasteiger charge is -2.33. The van der Waals surface area contributed by atoms with Gasteiger partial charge in [0.05, 0.1) is 0 Å².